The number of hydrogen-bond donors (Lipinski definition) is 1. The molecule has 86 valence electrons. The first-order chi connectivity index (χ1) is 7.74. The van der Waals surface area contributed by atoms with Gasteiger partial charge in [0.05, 0.1) is 11.6 Å². The molecule has 0 aliphatic carbocycles. The SMILES string of the molecule is CCN(C(=O)c1cccnc1C)C1CNC1. The van der Waals surface area contributed by atoms with E-state index in [1.165, 1.54) is 0 Å². The predicted octanol–water partition coefficient (Wildman–Crippen LogP) is 0.824. The standard InChI is InChI=1S/C12H17N3O/c1-3-15(10-7-13-8-10)12(16)11-5-4-6-14-9(11)2/h4-6,10,13H,3,7-8H2,1-2H3. The number of nitrogens with one attached hydrogen (secondary N) is 1. The number of carbonyl (C=O) groups is 1. The van der Waals surface area contributed by atoms with E-state index >= 15 is 0 Å². The summed E-state index contributed by atoms with van der Waals surface area (Å²) in [6, 6.07) is 4.00. The van der Waals surface area contributed by atoms with E-state index < -0.39 is 0 Å². The van der Waals surface area contributed by atoms with Crippen LogP contribution in [0.15, 0.2) is 18.3 Å². The second-order valence-electron chi connectivity index (χ2n) is 4.04. The van der Waals surface area contributed by atoms with Gasteiger partial charge in [0.15, 0.2) is 0 Å². The lowest BCUT2D eigenvalue weighted by atomic mass is 10.1. The fourth-order valence-electron chi connectivity index (χ4n) is 1.93. The minimum Gasteiger partial charge on any atom is -0.333 e. The minimum atomic E-state index is 0.0969. The molecule has 16 heavy (non-hydrogen) atoms. The van der Waals surface area contributed by atoms with Gasteiger partial charge in [-0.1, -0.05) is 0 Å². The van der Waals surface area contributed by atoms with E-state index in [0.29, 0.717) is 6.04 Å². The fourth-order valence-corrected chi connectivity index (χ4v) is 1.93. The first-order valence-electron chi connectivity index (χ1n) is 5.67. The van der Waals surface area contributed by atoms with Gasteiger partial charge in [-0.3, -0.25) is 9.78 Å². The van der Waals surface area contributed by atoms with Crippen LogP contribution in [0.4, 0.5) is 0 Å². The van der Waals surface area contributed by atoms with Gasteiger partial charge in [0, 0.05) is 31.5 Å². The van der Waals surface area contributed by atoms with Crippen molar-refractivity contribution >= 4 is 5.91 Å². The van der Waals surface area contributed by atoms with Gasteiger partial charge in [-0.2, -0.15) is 0 Å². The minimum absolute atomic E-state index is 0.0969. The molecule has 1 saturated heterocycles. The third-order valence-corrected chi connectivity index (χ3v) is 3.04. The van der Waals surface area contributed by atoms with Crippen LogP contribution in [0.25, 0.3) is 0 Å². The highest BCUT2D eigenvalue weighted by atomic mass is 16.2. The maximum absolute atomic E-state index is 12.3. The first kappa shape index (κ1) is 11.1. The van der Waals surface area contributed by atoms with Gasteiger partial charge in [0.1, 0.15) is 0 Å². The molecule has 0 atom stereocenters. The zero-order chi connectivity index (χ0) is 11.5. The van der Waals surface area contributed by atoms with Crippen LogP contribution in [0.2, 0.25) is 0 Å². The first-order valence-corrected chi connectivity index (χ1v) is 5.67. The Labute approximate surface area is 95.7 Å². The molecule has 2 heterocycles. The zero-order valence-corrected chi connectivity index (χ0v) is 9.73. The maximum Gasteiger partial charge on any atom is 0.256 e. The van der Waals surface area contributed by atoms with Crippen LogP contribution >= 0.6 is 0 Å². The van der Waals surface area contributed by atoms with E-state index in [2.05, 4.69) is 10.3 Å². The van der Waals surface area contributed by atoms with Crippen molar-refractivity contribution in [1.82, 2.24) is 15.2 Å². The second-order valence-corrected chi connectivity index (χ2v) is 4.04. The molecule has 4 nitrogen and oxygen atoms in total. The molecule has 1 aromatic heterocycles. The van der Waals surface area contributed by atoms with Crippen LogP contribution in [-0.2, 0) is 0 Å². The largest absolute Gasteiger partial charge is 0.333 e. The van der Waals surface area contributed by atoms with E-state index in [-0.39, 0.29) is 5.91 Å². The summed E-state index contributed by atoms with van der Waals surface area (Å²) in [5, 5.41) is 3.19. The van der Waals surface area contributed by atoms with Crippen LogP contribution in [-0.4, -0.2) is 41.5 Å². The van der Waals surface area contributed by atoms with Crippen LogP contribution in [0.3, 0.4) is 0 Å². The average Bonchev–Trinajstić information content (AvgIpc) is 2.23. The molecule has 1 fully saturated rings. The van der Waals surface area contributed by atoms with Crippen LogP contribution in [0.5, 0.6) is 0 Å². The summed E-state index contributed by atoms with van der Waals surface area (Å²) in [5.74, 6) is 0.0969. The van der Waals surface area contributed by atoms with Gasteiger partial charge in [0.2, 0.25) is 0 Å². The van der Waals surface area contributed by atoms with Crippen LogP contribution < -0.4 is 5.32 Å². The second kappa shape index (κ2) is 4.61. The van der Waals surface area contributed by atoms with Crippen molar-refractivity contribution in [2.75, 3.05) is 19.6 Å². The van der Waals surface area contributed by atoms with Crippen molar-refractivity contribution in [3.63, 3.8) is 0 Å². The molecule has 1 aliphatic heterocycles. The lowest BCUT2D eigenvalue weighted by Crippen LogP contribution is -2.58. The summed E-state index contributed by atoms with van der Waals surface area (Å²) in [7, 11) is 0. The zero-order valence-electron chi connectivity index (χ0n) is 9.73. The molecule has 0 saturated carbocycles. The Bertz CT molecular complexity index is 388. The molecule has 4 heteroatoms. The van der Waals surface area contributed by atoms with E-state index in [4.69, 9.17) is 0 Å². The van der Waals surface area contributed by atoms with Crippen molar-refractivity contribution in [2.45, 2.75) is 19.9 Å². The Morgan fingerprint density at radius 3 is 2.88 bits per heavy atom. The molecule has 0 radical (unpaired) electrons. The Hall–Kier alpha value is -1.42. The Kier molecular flexibility index (Phi) is 3.19. The smallest absolute Gasteiger partial charge is 0.256 e. The van der Waals surface area contributed by atoms with Crippen LogP contribution in [0.1, 0.15) is 23.0 Å². The summed E-state index contributed by atoms with van der Waals surface area (Å²) >= 11 is 0. The van der Waals surface area contributed by atoms with Gasteiger partial charge < -0.3 is 10.2 Å². The molecule has 1 amide bonds. The van der Waals surface area contributed by atoms with Crippen molar-refractivity contribution in [2.24, 2.45) is 0 Å². The van der Waals surface area contributed by atoms with Gasteiger partial charge in [-0.05, 0) is 26.0 Å². The van der Waals surface area contributed by atoms with E-state index in [9.17, 15) is 4.79 Å². The molecule has 1 aliphatic rings. The van der Waals surface area contributed by atoms with Gasteiger partial charge >= 0.3 is 0 Å². The normalized spacial score (nSPS) is 15.6. The molecule has 0 bridgehead atoms. The third-order valence-electron chi connectivity index (χ3n) is 3.04. The number of likely N-dealkylation sites (N-methyl/N-ethyl adjacent to an activating group) is 1. The highest BCUT2D eigenvalue weighted by molar-refractivity contribution is 5.95. The topological polar surface area (TPSA) is 45.2 Å². The van der Waals surface area contributed by atoms with E-state index in [0.717, 1.165) is 30.9 Å². The third kappa shape index (κ3) is 1.93. The number of pyridine rings is 1. The van der Waals surface area contributed by atoms with Gasteiger partial charge in [-0.15, -0.1) is 0 Å². The quantitative estimate of drug-likeness (QED) is 0.818. The Morgan fingerprint density at radius 2 is 2.38 bits per heavy atom. The van der Waals surface area contributed by atoms with Crippen LogP contribution in [0, 0.1) is 6.92 Å². The predicted molar refractivity (Wildman–Crippen MR) is 62.3 cm³/mol. The number of nitrogens with zero attached hydrogens (tertiary/aromatic N) is 2. The number of aromatic nitrogens is 1. The highest BCUT2D eigenvalue weighted by Crippen LogP contribution is 2.13. The molecule has 0 spiro atoms. The summed E-state index contributed by atoms with van der Waals surface area (Å²) in [5.41, 5.74) is 1.52. The van der Waals surface area contributed by atoms with E-state index in [1.807, 2.05) is 30.9 Å². The molecule has 1 aromatic rings. The fraction of sp³-hybridized carbons (Fsp3) is 0.500. The maximum atomic E-state index is 12.3. The van der Waals surface area contributed by atoms with Crippen molar-refractivity contribution < 1.29 is 4.79 Å². The molecule has 2 rings (SSSR count). The average molecular weight is 219 g/mol. The highest BCUT2D eigenvalue weighted by Gasteiger charge is 2.28. The summed E-state index contributed by atoms with van der Waals surface area (Å²) in [6.45, 7) is 6.44. The summed E-state index contributed by atoms with van der Waals surface area (Å²) in [4.78, 5) is 18.4. The molecule has 1 N–H and O–H groups in total. The number of aryl methyl sites for hydroxylation is 1. The van der Waals surface area contributed by atoms with Crippen molar-refractivity contribution in [1.29, 1.82) is 0 Å². The molecule has 0 unspecified atom stereocenters. The number of rotatable bonds is 3. The number of hydrogen-bond acceptors (Lipinski definition) is 3. The lowest BCUT2D eigenvalue weighted by molar-refractivity contribution is 0.0629. The van der Waals surface area contributed by atoms with Gasteiger partial charge in [0.25, 0.3) is 5.91 Å². The van der Waals surface area contributed by atoms with Crippen molar-refractivity contribution in [3.05, 3.63) is 29.6 Å². The molecular weight excluding hydrogens is 202 g/mol. The molecule has 0 aromatic carbocycles. The monoisotopic (exact) mass is 219 g/mol. The Morgan fingerprint density at radius 1 is 1.62 bits per heavy atom. The molecular formula is C12H17N3O. The Balaban J connectivity index is 2.19. The summed E-state index contributed by atoms with van der Waals surface area (Å²) < 4.78 is 0. The number of carbonyl (C=O) groups excluding carboxylic acids is 1. The summed E-state index contributed by atoms with van der Waals surface area (Å²) in [6.07, 6.45) is 1.72. The lowest BCUT2D eigenvalue weighted by Gasteiger charge is -2.37. The van der Waals surface area contributed by atoms with Gasteiger partial charge in [-0.25, -0.2) is 0 Å². The van der Waals surface area contributed by atoms with E-state index in [1.54, 1.807) is 6.20 Å². The number of amides is 1. The van der Waals surface area contributed by atoms with Crippen molar-refractivity contribution in [3.8, 4) is 0 Å².